The van der Waals surface area contributed by atoms with Gasteiger partial charge in [0.2, 0.25) is 0 Å². The van der Waals surface area contributed by atoms with Gasteiger partial charge in [0.15, 0.2) is 0 Å². The molecular formula is C22H16F2. The van der Waals surface area contributed by atoms with Gasteiger partial charge in [0.05, 0.1) is 0 Å². The molecule has 0 atom stereocenters. The third-order valence-electron chi connectivity index (χ3n) is 3.90. The van der Waals surface area contributed by atoms with Gasteiger partial charge in [0.1, 0.15) is 11.6 Å². The third-order valence-corrected chi connectivity index (χ3v) is 3.90. The van der Waals surface area contributed by atoms with E-state index in [9.17, 15) is 8.78 Å². The molecule has 3 aromatic carbocycles. The van der Waals surface area contributed by atoms with Gasteiger partial charge in [-0.2, -0.15) is 0 Å². The molecular weight excluding hydrogens is 302 g/mol. The zero-order valence-corrected chi connectivity index (χ0v) is 13.5. The van der Waals surface area contributed by atoms with E-state index < -0.39 is 11.6 Å². The highest BCUT2D eigenvalue weighted by Gasteiger charge is 2.08. The molecule has 0 N–H and O–H groups in total. The van der Waals surface area contributed by atoms with Crippen molar-refractivity contribution in [3.8, 4) is 23.0 Å². The topological polar surface area (TPSA) is 0 Å². The second-order valence-corrected chi connectivity index (χ2v) is 5.76. The molecule has 0 bridgehead atoms. The maximum absolute atomic E-state index is 13.7. The molecule has 0 aliphatic heterocycles. The minimum absolute atomic E-state index is 0.0411. The van der Waals surface area contributed by atoms with Crippen LogP contribution in [0.5, 0.6) is 0 Å². The fraction of sp³-hybridized carbons (Fsp3) is 0.0909. The van der Waals surface area contributed by atoms with Crippen molar-refractivity contribution >= 4 is 0 Å². The van der Waals surface area contributed by atoms with Crippen molar-refractivity contribution in [2.75, 3.05) is 0 Å². The summed E-state index contributed by atoms with van der Waals surface area (Å²) in [5.74, 6) is 5.13. The van der Waals surface area contributed by atoms with Gasteiger partial charge in [-0.15, -0.1) is 0 Å². The van der Waals surface area contributed by atoms with E-state index in [0.717, 1.165) is 16.7 Å². The molecule has 118 valence electrons. The minimum atomic E-state index is -0.534. The summed E-state index contributed by atoms with van der Waals surface area (Å²) < 4.78 is 27.4. The lowest BCUT2D eigenvalue weighted by Gasteiger charge is -2.05. The molecule has 0 aliphatic rings. The number of halogens is 2. The van der Waals surface area contributed by atoms with Crippen LogP contribution in [0.2, 0.25) is 0 Å². The Labute approximate surface area is 140 Å². The Hall–Kier alpha value is -2.92. The predicted octanol–water partition coefficient (Wildman–Crippen LogP) is 5.65. The van der Waals surface area contributed by atoms with Crippen LogP contribution in [-0.2, 0) is 0 Å². The Bertz CT molecular complexity index is 901. The molecule has 0 unspecified atom stereocenters. The average Bonchev–Trinajstić information content (AvgIpc) is 2.59. The van der Waals surface area contributed by atoms with Crippen LogP contribution in [0.15, 0.2) is 60.7 Å². The number of benzene rings is 3. The van der Waals surface area contributed by atoms with E-state index >= 15 is 0 Å². The molecule has 0 radical (unpaired) electrons. The predicted molar refractivity (Wildman–Crippen MR) is 93.7 cm³/mol. The normalized spacial score (nSPS) is 10.2. The van der Waals surface area contributed by atoms with Gasteiger partial charge in [-0.3, -0.25) is 0 Å². The Morgan fingerprint density at radius 2 is 1.08 bits per heavy atom. The zero-order chi connectivity index (χ0) is 17.1. The first kappa shape index (κ1) is 16.0. The van der Waals surface area contributed by atoms with E-state index in [0.29, 0.717) is 5.56 Å². The fourth-order valence-corrected chi connectivity index (χ4v) is 2.34. The Balaban J connectivity index is 1.85. The quantitative estimate of drug-likeness (QED) is 0.509. The second kappa shape index (κ2) is 6.68. The van der Waals surface area contributed by atoms with Gasteiger partial charge in [0.25, 0.3) is 0 Å². The van der Waals surface area contributed by atoms with Crippen LogP contribution < -0.4 is 0 Å². The van der Waals surface area contributed by atoms with Crippen LogP contribution in [0.4, 0.5) is 8.78 Å². The molecule has 0 nitrogen and oxygen atoms in total. The summed E-state index contributed by atoms with van der Waals surface area (Å²) in [6.07, 6.45) is 0. The van der Waals surface area contributed by atoms with Gasteiger partial charge in [-0.25, -0.2) is 8.78 Å². The van der Waals surface area contributed by atoms with Crippen molar-refractivity contribution < 1.29 is 8.78 Å². The van der Waals surface area contributed by atoms with Crippen LogP contribution in [0.1, 0.15) is 22.3 Å². The summed E-state index contributed by atoms with van der Waals surface area (Å²) in [7, 11) is 0. The molecule has 0 spiro atoms. The van der Waals surface area contributed by atoms with E-state index in [4.69, 9.17) is 0 Å². The maximum atomic E-state index is 13.7. The lowest BCUT2D eigenvalue weighted by molar-refractivity contribution is 0.569. The van der Waals surface area contributed by atoms with E-state index in [1.807, 2.05) is 55.5 Å². The number of hydrogen-bond acceptors (Lipinski definition) is 0. The van der Waals surface area contributed by atoms with Gasteiger partial charge in [-0.05, 0) is 61.4 Å². The summed E-state index contributed by atoms with van der Waals surface area (Å²) >= 11 is 0. The highest BCUT2D eigenvalue weighted by Crippen LogP contribution is 2.24. The SMILES string of the molecule is Cc1ccc(C#Cc2ccc(-c3cc(F)c(C)c(F)c3)cc2)cc1. The van der Waals surface area contributed by atoms with Gasteiger partial charge >= 0.3 is 0 Å². The molecule has 0 amide bonds. The first-order valence-electron chi connectivity index (χ1n) is 7.68. The zero-order valence-electron chi connectivity index (χ0n) is 13.5. The molecule has 0 aromatic heterocycles. The third kappa shape index (κ3) is 3.52. The van der Waals surface area contributed by atoms with Gasteiger partial charge in [-0.1, -0.05) is 41.7 Å². The molecule has 0 heterocycles. The maximum Gasteiger partial charge on any atom is 0.129 e. The number of aryl methyl sites for hydroxylation is 1. The standard InChI is InChI=1S/C22H16F2/c1-15-3-5-17(6-4-15)7-8-18-9-11-19(12-10-18)20-13-21(23)16(2)22(24)14-20/h3-6,9-14H,1-2H3. The van der Waals surface area contributed by atoms with Crippen molar-refractivity contribution in [2.45, 2.75) is 13.8 Å². The molecule has 0 fully saturated rings. The van der Waals surface area contributed by atoms with Crippen LogP contribution in [0.25, 0.3) is 11.1 Å². The van der Waals surface area contributed by atoms with E-state index in [1.54, 1.807) is 0 Å². The summed E-state index contributed by atoms with van der Waals surface area (Å²) in [6.45, 7) is 3.46. The van der Waals surface area contributed by atoms with Crippen LogP contribution in [-0.4, -0.2) is 0 Å². The molecule has 3 aromatic rings. The fourth-order valence-electron chi connectivity index (χ4n) is 2.34. The van der Waals surface area contributed by atoms with Crippen molar-refractivity contribution in [1.82, 2.24) is 0 Å². The first-order chi connectivity index (χ1) is 11.5. The molecule has 0 aliphatic carbocycles. The molecule has 0 saturated carbocycles. The number of hydrogen-bond donors (Lipinski definition) is 0. The van der Waals surface area contributed by atoms with E-state index in [2.05, 4.69) is 11.8 Å². The largest absolute Gasteiger partial charge is 0.207 e. The lowest BCUT2D eigenvalue weighted by atomic mass is 10.0. The highest BCUT2D eigenvalue weighted by molar-refractivity contribution is 5.65. The van der Waals surface area contributed by atoms with Crippen molar-refractivity contribution in [2.24, 2.45) is 0 Å². The molecule has 3 rings (SSSR count). The van der Waals surface area contributed by atoms with Crippen molar-refractivity contribution in [1.29, 1.82) is 0 Å². The van der Waals surface area contributed by atoms with Crippen molar-refractivity contribution in [3.05, 3.63) is 94.6 Å². The summed E-state index contributed by atoms with van der Waals surface area (Å²) in [5.41, 5.74) is 4.32. The smallest absolute Gasteiger partial charge is 0.129 e. The minimum Gasteiger partial charge on any atom is -0.207 e. The summed E-state index contributed by atoms with van der Waals surface area (Å²) in [5, 5.41) is 0. The molecule has 2 heteroatoms. The average molecular weight is 318 g/mol. The van der Waals surface area contributed by atoms with Gasteiger partial charge < -0.3 is 0 Å². The highest BCUT2D eigenvalue weighted by atomic mass is 19.1. The Kier molecular flexibility index (Phi) is 4.44. The van der Waals surface area contributed by atoms with E-state index in [1.165, 1.54) is 24.6 Å². The molecule has 0 saturated heterocycles. The lowest BCUT2D eigenvalue weighted by Crippen LogP contribution is -1.90. The first-order valence-corrected chi connectivity index (χ1v) is 7.68. The van der Waals surface area contributed by atoms with Crippen LogP contribution in [0, 0.1) is 37.3 Å². The monoisotopic (exact) mass is 318 g/mol. The summed E-state index contributed by atoms with van der Waals surface area (Å²) in [4.78, 5) is 0. The van der Waals surface area contributed by atoms with Gasteiger partial charge in [0, 0.05) is 16.7 Å². The Morgan fingerprint density at radius 1 is 0.625 bits per heavy atom. The van der Waals surface area contributed by atoms with Crippen molar-refractivity contribution in [3.63, 3.8) is 0 Å². The Morgan fingerprint density at radius 3 is 1.58 bits per heavy atom. The van der Waals surface area contributed by atoms with Crippen LogP contribution >= 0.6 is 0 Å². The van der Waals surface area contributed by atoms with Crippen LogP contribution in [0.3, 0.4) is 0 Å². The number of rotatable bonds is 1. The molecule has 24 heavy (non-hydrogen) atoms. The second-order valence-electron chi connectivity index (χ2n) is 5.76. The summed E-state index contributed by atoms with van der Waals surface area (Å²) in [6, 6.07) is 18.1. The van der Waals surface area contributed by atoms with E-state index in [-0.39, 0.29) is 5.56 Å².